The Bertz CT molecular complexity index is 442. The molecular weight excluding hydrogens is 241 g/mol. The molecule has 1 unspecified atom stereocenters. The molecule has 1 atom stereocenters. The number of nitrogens with one attached hydrogen (secondary N) is 1. The first-order valence-corrected chi connectivity index (χ1v) is 7.32. The van der Waals surface area contributed by atoms with Crippen molar-refractivity contribution in [2.24, 2.45) is 0 Å². The molecule has 0 bridgehead atoms. The lowest BCUT2D eigenvalue weighted by Crippen LogP contribution is -2.27. The quantitative estimate of drug-likeness (QED) is 0.795. The summed E-state index contributed by atoms with van der Waals surface area (Å²) >= 11 is 0. The number of halogens is 1. The Morgan fingerprint density at radius 3 is 2.41 bits per heavy atom. The molecule has 5 heteroatoms. The van der Waals surface area contributed by atoms with Crippen molar-refractivity contribution in [3.63, 3.8) is 0 Å². The van der Waals surface area contributed by atoms with Crippen LogP contribution in [-0.2, 0) is 9.84 Å². The van der Waals surface area contributed by atoms with Crippen molar-refractivity contribution in [2.45, 2.75) is 31.2 Å². The monoisotopic (exact) mass is 259 g/mol. The maximum absolute atomic E-state index is 12.7. The third-order valence-electron chi connectivity index (χ3n) is 2.54. The maximum atomic E-state index is 12.7. The lowest BCUT2D eigenvalue weighted by atomic mass is 10.3. The SMILES string of the molecule is CCNC(C)CCS(=O)(=O)c1ccc(F)cc1. The summed E-state index contributed by atoms with van der Waals surface area (Å²) in [6, 6.07) is 5.11. The molecule has 1 rings (SSSR count). The summed E-state index contributed by atoms with van der Waals surface area (Å²) in [4.78, 5) is 0.183. The first-order chi connectivity index (χ1) is 7.95. The predicted octanol–water partition coefficient (Wildman–Crippen LogP) is 1.99. The average molecular weight is 259 g/mol. The first kappa shape index (κ1) is 14.1. The van der Waals surface area contributed by atoms with Gasteiger partial charge in [-0.25, -0.2) is 12.8 Å². The van der Waals surface area contributed by atoms with Gasteiger partial charge in [-0.3, -0.25) is 0 Å². The fraction of sp³-hybridized carbons (Fsp3) is 0.500. The number of benzene rings is 1. The fourth-order valence-electron chi connectivity index (χ4n) is 1.54. The molecule has 0 amide bonds. The van der Waals surface area contributed by atoms with E-state index in [1.165, 1.54) is 24.3 Å². The van der Waals surface area contributed by atoms with Gasteiger partial charge < -0.3 is 5.32 Å². The van der Waals surface area contributed by atoms with Crippen LogP contribution in [0.15, 0.2) is 29.2 Å². The molecule has 1 aromatic rings. The van der Waals surface area contributed by atoms with Gasteiger partial charge in [-0.2, -0.15) is 0 Å². The highest BCUT2D eigenvalue weighted by Crippen LogP contribution is 2.13. The van der Waals surface area contributed by atoms with E-state index in [4.69, 9.17) is 0 Å². The maximum Gasteiger partial charge on any atom is 0.178 e. The van der Waals surface area contributed by atoms with Crippen LogP contribution in [0.1, 0.15) is 20.3 Å². The number of sulfone groups is 1. The summed E-state index contributed by atoms with van der Waals surface area (Å²) in [5, 5.41) is 3.15. The minimum atomic E-state index is -3.30. The highest BCUT2D eigenvalue weighted by Gasteiger charge is 2.15. The van der Waals surface area contributed by atoms with Gasteiger partial charge in [0.2, 0.25) is 0 Å². The molecule has 1 aromatic carbocycles. The second-order valence-electron chi connectivity index (χ2n) is 4.02. The Balaban J connectivity index is 2.66. The smallest absolute Gasteiger partial charge is 0.178 e. The van der Waals surface area contributed by atoms with Crippen molar-refractivity contribution in [1.82, 2.24) is 5.32 Å². The summed E-state index contributed by atoms with van der Waals surface area (Å²) in [6.45, 7) is 4.74. The summed E-state index contributed by atoms with van der Waals surface area (Å²) in [7, 11) is -3.30. The Morgan fingerprint density at radius 1 is 1.29 bits per heavy atom. The van der Waals surface area contributed by atoms with E-state index < -0.39 is 15.7 Å². The van der Waals surface area contributed by atoms with Gasteiger partial charge in [-0.1, -0.05) is 6.92 Å². The zero-order valence-electron chi connectivity index (χ0n) is 10.1. The zero-order chi connectivity index (χ0) is 12.9. The van der Waals surface area contributed by atoms with Crippen molar-refractivity contribution in [2.75, 3.05) is 12.3 Å². The van der Waals surface area contributed by atoms with Gasteiger partial charge in [0.1, 0.15) is 5.82 Å². The van der Waals surface area contributed by atoms with E-state index in [0.29, 0.717) is 6.42 Å². The third kappa shape index (κ3) is 4.44. The Hall–Kier alpha value is -0.940. The Kier molecular flexibility index (Phi) is 5.08. The average Bonchev–Trinajstić information content (AvgIpc) is 2.28. The molecule has 3 nitrogen and oxygen atoms in total. The van der Waals surface area contributed by atoms with E-state index in [-0.39, 0.29) is 16.7 Å². The number of hydrogen-bond donors (Lipinski definition) is 1. The van der Waals surface area contributed by atoms with E-state index in [0.717, 1.165) is 6.54 Å². The largest absolute Gasteiger partial charge is 0.314 e. The minimum absolute atomic E-state index is 0.0762. The van der Waals surface area contributed by atoms with Crippen molar-refractivity contribution in [3.05, 3.63) is 30.1 Å². The topological polar surface area (TPSA) is 46.2 Å². The second-order valence-corrected chi connectivity index (χ2v) is 6.13. The van der Waals surface area contributed by atoms with Crippen molar-refractivity contribution in [1.29, 1.82) is 0 Å². The predicted molar refractivity (Wildman–Crippen MR) is 66.2 cm³/mol. The molecule has 0 aliphatic rings. The molecule has 0 aliphatic heterocycles. The van der Waals surface area contributed by atoms with E-state index >= 15 is 0 Å². The van der Waals surface area contributed by atoms with Crippen molar-refractivity contribution in [3.8, 4) is 0 Å². The van der Waals surface area contributed by atoms with Gasteiger partial charge in [0, 0.05) is 6.04 Å². The zero-order valence-corrected chi connectivity index (χ0v) is 10.9. The number of rotatable bonds is 6. The van der Waals surface area contributed by atoms with Gasteiger partial charge in [0.15, 0.2) is 9.84 Å². The molecule has 0 saturated carbocycles. The van der Waals surface area contributed by atoms with Crippen LogP contribution in [0.4, 0.5) is 4.39 Å². The second kappa shape index (κ2) is 6.12. The molecule has 17 heavy (non-hydrogen) atoms. The van der Waals surface area contributed by atoms with Crippen LogP contribution < -0.4 is 5.32 Å². The Labute approximate surface area is 102 Å². The van der Waals surface area contributed by atoms with Gasteiger partial charge in [0.25, 0.3) is 0 Å². The van der Waals surface area contributed by atoms with Crippen LogP contribution >= 0.6 is 0 Å². The third-order valence-corrected chi connectivity index (χ3v) is 4.31. The van der Waals surface area contributed by atoms with E-state index in [2.05, 4.69) is 5.32 Å². The molecule has 0 radical (unpaired) electrons. The van der Waals surface area contributed by atoms with Gasteiger partial charge >= 0.3 is 0 Å². The highest BCUT2D eigenvalue weighted by molar-refractivity contribution is 7.91. The van der Waals surface area contributed by atoms with Crippen molar-refractivity contribution >= 4 is 9.84 Å². The summed E-state index contributed by atoms with van der Waals surface area (Å²) in [5.41, 5.74) is 0. The molecule has 0 aromatic heterocycles. The van der Waals surface area contributed by atoms with Crippen LogP contribution in [0.25, 0.3) is 0 Å². The van der Waals surface area contributed by atoms with Crippen LogP contribution in [0.2, 0.25) is 0 Å². The van der Waals surface area contributed by atoms with Gasteiger partial charge in [-0.05, 0) is 44.2 Å². The summed E-state index contributed by atoms with van der Waals surface area (Å²) in [6.07, 6.45) is 0.549. The molecule has 0 heterocycles. The fourth-order valence-corrected chi connectivity index (χ4v) is 2.99. The van der Waals surface area contributed by atoms with Gasteiger partial charge in [0.05, 0.1) is 10.6 Å². The standard InChI is InChI=1S/C12H18FNO2S/c1-3-14-10(2)8-9-17(15,16)12-6-4-11(13)5-7-12/h4-7,10,14H,3,8-9H2,1-2H3. The van der Waals surface area contributed by atoms with E-state index in [1.807, 2.05) is 13.8 Å². The van der Waals surface area contributed by atoms with E-state index in [9.17, 15) is 12.8 Å². The molecule has 0 aliphatic carbocycles. The van der Waals surface area contributed by atoms with Crippen LogP contribution in [0.3, 0.4) is 0 Å². The summed E-state index contributed by atoms with van der Waals surface area (Å²) < 4.78 is 36.5. The first-order valence-electron chi connectivity index (χ1n) is 5.67. The Morgan fingerprint density at radius 2 is 1.88 bits per heavy atom. The molecule has 0 fully saturated rings. The van der Waals surface area contributed by atoms with Crippen LogP contribution in [0, 0.1) is 5.82 Å². The normalized spacial score (nSPS) is 13.6. The molecule has 1 N–H and O–H groups in total. The van der Waals surface area contributed by atoms with Crippen molar-refractivity contribution < 1.29 is 12.8 Å². The van der Waals surface area contributed by atoms with Crippen LogP contribution in [-0.4, -0.2) is 26.8 Å². The molecule has 0 spiro atoms. The van der Waals surface area contributed by atoms with Crippen LogP contribution in [0.5, 0.6) is 0 Å². The lowest BCUT2D eigenvalue weighted by Gasteiger charge is -2.12. The molecule has 96 valence electrons. The number of hydrogen-bond acceptors (Lipinski definition) is 3. The minimum Gasteiger partial charge on any atom is -0.314 e. The lowest BCUT2D eigenvalue weighted by molar-refractivity contribution is 0.541. The molecular formula is C12H18FNO2S. The molecule has 0 saturated heterocycles. The highest BCUT2D eigenvalue weighted by atomic mass is 32.2. The summed E-state index contributed by atoms with van der Waals surface area (Å²) in [5.74, 6) is -0.350. The van der Waals surface area contributed by atoms with Gasteiger partial charge in [-0.15, -0.1) is 0 Å². The van der Waals surface area contributed by atoms with E-state index in [1.54, 1.807) is 0 Å².